The van der Waals surface area contributed by atoms with E-state index in [0.717, 1.165) is 45.3 Å². The van der Waals surface area contributed by atoms with Gasteiger partial charge in [-0.3, -0.25) is 9.97 Å². The Hall–Kier alpha value is -8.40. The van der Waals surface area contributed by atoms with Crippen molar-refractivity contribution in [2.24, 2.45) is 0 Å². The first kappa shape index (κ1) is 42.5. The lowest BCUT2D eigenvalue weighted by molar-refractivity contribution is 0.584. The van der Waals surface area contributed by atoms with Crippen molar-refractivity contribution in [1.29, 1.82) is 0 Å². The minimum atomic E-state index is -3.91. The number of hydrogen-bond acceptors (Lipinski definition) is 4. The molecular formula is C58H40F4N4Si. The number of halogens is 4. The van der Waals surface area contributed by atoms with Crippen LogP contribution in [0, 0.1) is 23.3 Å². The zero-order valence-corrected chi connectivity index (χ0v) is 36.9. The van der Waals surface area contributed by atoms with Crippen LogP contribution in [0.4, 0.5) is 51.7 Å². The maximum Gasteiger partial charge on any atom is 0.223 e. The van der Waals surface area contributed by atoms with Gasteiger partial charge in [-0.05, 0) is 107 Å². The summed E-state index contributed by atoms with van der Waals surface area (Å²) in [7, 11) is -3.91. The van der Waals surface area contributed by atoms with E-state index >= 15 is 8.78 Å². The van der Waals surface area contributed by atoms with Crippen LogP contribution in [0.15, 0.2) is 243 Å². The number of para-hydroxylation sites is 4. The average molecular weight is 897 g/mol. The highest BCUT2D eigenvalue weighted by molar-refractivity contribution is 7.19. The van der Waals surface area contributed by atoms with E-state index in [1.165, 1.54) is 24.3 Å². The Kier molecular flexibility index (Phi) is 11.8. The molecule has 0 bridgehead atoms. The molecule has 9 heteroatoms. The number of aromatic nitrogens is 2. The third-order valence-electron chi connectivity index (χ3n) is 11.8. The summed E-state index contributed by atoms with van der Waals surface area (Å²) in [5.74, 6) is -2.98. The molecule has 4 nitrogen and oxygen atoms in total. The molecule has 10 aromatic rings. The van der Waals surface area contributed by atoms with Crippen molar-refractivity contribution in [2.45, 2.75) is 0 Å². The van der Waals surface area contributed by atoms with Crippen LogP contribution in [0.2, 0.25) is 0 Å². The molecule has 0 aliphatic rings. The zero-order valence-electron chi connectivity index (χ0n) is 35.9. The van der Waals surface area contributed by atoms with E-state index in [1.807, 2.05) is 182 Å². The second kappa shape index (κ2) is 18.6. The maximum atomic E-state index is 16.3. The van der Waals surface area contributed by atoms with Crippen LogP contribution in [-0.2, 0) is 0 Å². The second-order valence-electron chi connectivity index (χ2n) is 15.9. The number of rotatable bonds is 12. The van der Waals surface area contributed by atoms with Crippen LogP contribution in [-0.4, -0.2) is 18.0 Å². The molecule has 0 unspecified atom stereocenters. The number of pyridine rings is 2. The molecule has 0 radical (unpaired) electrons. The van der Waals surface area contributed by atoms with E-state index in [0.29, 0.717) is 22.0 Å². The number of benzene rings is 8. The lowest BCUT2D eigenvalue weighted by Crippen LogP contribution is -2.76. The van der Waals surface area contributed by atoms with Crippen LogP contribution < -0.4 is 30.8 Å². The Morgan fingerprint density at radius 3 is 0.896 bits per heavy atom. The molecule has 324 valence electrons. The van der Waals surface area contributed by atoms with Crippen molar-refractivity contribution in [3.05, 3.63) is 266 Å². The molecule has 8 aromatic carbocycles. The molecule has 0 fully saturated rings. The van der Waals surface area contributed by atoms with Gasteiger partial charge in [0, 0.05) is 68.0 Å². The molecule has 0 amide bonds. The van der Waals surface area contributed by atoms with E-state index < -0.39 is 31.3 Å². The molecule has 2 aromatic heterocycles. The topological polar surface area (TPSA) is 32.3 Å². The number of anilines is 6. The summed E-state index contributed by atoms with van der Waals surface area (Å²) in [6.45, 7) is 0. The lowest BCUT2D eigenvalue weighted by Gasteiger charge is -2.35. The molecular weight excluding hydrogens is 857 g/mol. The summed E-state index contributed by atoms with van der Waals surface area (Å²) < 4.78 is 62.0. The molecule has 0 N–H and O–H groups in total. The molecule has 0 aliphatic carbocycles. The molecule has 2 heterocycles. The molecule has 10 rings (SSSR count). The Balaban J connectivity index is 1.37. The number of nitrogens with zero attached hydrogens (tertiary/aromatic N) is 4. The summed E-state index contributed by atoms with van der Waals surface area (Å²) in [6, 6.07) is 74.1. The third-order valence-corrected chi connectivity index (χ3v) is 16.2. The summed E-state index contributed by atoms with van der Waals surface area (Å²) in [4.78, 5) is 15.1. The van der Waals surface area contributed by atoms with Crippen LogP contribution in [0.25, 0.3) is 22.5 Å². The van der Waals surface area contributed by atoms with E-state index in [-0.39, 0.29) is 22.5 Å². The Bertz CT molecular complexity index is 2990. The molecule has 0 saturated heterocycles. The Morgan fingerprint density at radius 2 is 0.597 bits per heavy atom. The van der Waals surface area contributed by atoms with Crippen molar-refractivity contribution in [2.75, 3.05) is 9.80 Å². The normalized spacial score (nSPS) is 11.3. The first-order valence-electron chi connectivity index (χ1n) is 21.7. The van der Waals surface area contributed by atoms with Crippen molar-refractivity contribution in [3.8, 4) is 22.5 Å². The van der Waals surface area contributed by atoms with Crippen molar-refractivity contribution in [1.82, 2.24) is 9.97 Å². The van der Waals surface area contributed by atoms with E-state index in [1.54, 1.807) is 0 Å². The van der Waals surface area contributed by atoms with E-state index in [9.17, 15) is 8.78 Å². The van der Waals surface area contributed by atoms with Gasteiger partial charge >= 0.3 is 0 Å². The fourth-order valence-electron chi connectivity index (χ4n) is 8.81. The fraction of sp³-hybridized carbons (Fsp3) is 0. The van der Waals surface area contributed by atoms with Gasteiger partial charge in [0.15, 0.2) is 0 Å². The van der Waals surface area contributed by atoms with E-state index in [4.69, 9.17) is 9.97 Å². The largest absolute Gasteiger partial charge is 0.310 e. The van der Waals surface area contributed by atoms with Gasteiger partial charge in [0.05, 0.1) is 11.4 Å². The van der Waals surface area contributed by atoms with Crippen LogP contribution in [0.1, 0.15) is 0 Å². The highest BCUT2D eigenvalue weighted by Crippen LogP contribution is 2.38. The average Bonchev–Trinajstić information content (AvgIpc) is 3.36. The molecule has 0 aliphatic heterocycles. The fourth-order valence-corrected chi connectivity index (χ4v) is 13.3. The molecule has 67 heavy (non-hydrogen) atoms. The van der Waals surface area contributed by atoms with Gasteiger partial charge in [-0.1, -0.05) is 133 Å². The molecule has 0 atom stereocenters. The van der Waals surface area contributed by atoms with Crippen LogP contribution >= 0.6 is 0 Å². The van der Waals surface area contributed by atoms with Gasteiger partial charge in [0.25, 0.3) is 0 Å². The van der Waals surface area contributed by atoms with E-state index in [2.05, 4.69) is 34.1 Å². The highest BCUT2D eigenvalue weighted by atomic mass is 28.3. The second-order valence-corrected chi connectivity index (χ2v) is 19.6. The zero-order chi connectivity index (χ0) is 45.7. The van der Waals surface area contributed by atoms with Crippen LogP contribution in [0.5, 0.6) is 0 Å². The third kappa shape index (κ3) is 8.40. The summed E-state index contributed by atoms with van der Waals surface area (Å²) in [5.41, 5.74) is 5.37. The van der Waals surface area contributed by atoms with Gasteiger partial charge in [0.2, 0.25) is 8.07 Å². The Morgan fingerprint density at radius 1 is 0.299 bits per heavy atom. The first-order chi connectivity index (χ1) is 32.9. The van der Waals surface area contributed by atoms with Gasteiger partial charge in [0.1, 0.15) is 23.3 Å². The Labute approximate surface area is 387 Å². The predicted octanol–water partition coefficient (Wildman–Crippen LogP) is 12.7. The quantitative estimate of drug-likeness (QED) is 0.0903. The van der Waals surface area contributed by atoms with Crippen molar-refractivity contribution in [3.63, 3.8) is 0 Å². The maximum absolute atomic E-state index is 16.3. The van der Waals surface area contributed by atoms with Gasteiger partial charge in [-0.25, -0.2) is 17.6 Å². The summed E-state index contributed by atoms with van der Waals surface area (Å²) in [6.07, 6.45) is 0. The number of hydrogen-bond donors (Lipinski definition) is 0. The summed E-state index contributed by atoms with van der Waals surface area (Å²) in [5, 5.41) is 2.89. The standard InChI is InChI=1S/C58H40F4N4Si/c59-41-31-33-51(53(61)35-41)55-37-47(65(43-19-7-1-8-20-43)44-21-9-2-10-22-44)39-57(63-55)67(49-27-15-5-16-28-49,50-29-17-6-18-30-50)58-40-48(38-56(64-58)52-34-32-42(60)36-54(52)62)66(45-23-11-3-12-24-45)46-25-13-4-14-26-46/h1-40H. The molecule has 0 spiro atoms. The first-order valence-corrected chi connectivity index (χ1v) is 23.7. The van der Waals surface area contributed by atoms with Crippen LogP contribution in [0.3, 0.4) is 0 Å². The van der Waals surface area contributed by atoms with Gasteiger partial charge in [-0.15, -0.1) is 0 Å². The molecule has 0 saturated carbocycles. The van der Waals surface area contributed by atoms with Crippen molar-refractivity contribution >= 4 is 63.2 Å². The van der Waals surface area contributed by atoms with Crippen molar-refractivity contribution < 1.29 is 17.6 Å². The summed E-state index contributed by atoms with van der Waals surface area (Å²) >= 11 is 0. The highest BCUT2D eigenvalue weighted by Gasteiger charge is 2.46. The SMILES string of the molecule is Fc1ccc(-c2cc(N(c3ccccc3)c3ccccc3)cc([Si](c3ccccc3)(c3ccccc3)c3cc(N(c4ccccc4)c4ccccc4)cc(-c4ccc(F)cc4F)n3)n2)c(F)c1. The smallest absolute Gasteiger partial charge is 0.223 e. The minimum absolute atomic E-state index is 0.102. The van der Waals surface area contributed by atoms with Gasteiger partial charge < -0.3 is 9.80 Å². The monoisotopic (exact) mass is 896 g/mol. The predicted molar refractivity (Wildman–Crippen MR) is 266 cm³/mol. The minimum Gasteiger partial charge on any atom is -0.310 e. The van der Waals surface area contributed by atoms with Gasteiger partial charge in [-0.2, -0.15) is 0 Å². The lowest BCUT2D eigenvalue weighted by atomic mass is 10.1.